The van der Waals surface area contributed by atoms with E-state index >= 15 is 0 Å². The van der Waals surface area contributed by atoms with Gasteiger partial charge >= 0.3 is 0 Å². The van der Waals surface area contributed by atoms with Crippen LogP contribution in [0.25, 0.3) is 10.9 Å². The molecule has 0 atom stereocenters. The molecule has 0 bridgehead atoms. The van der Waals surface area contributed by atoms with Gasteiger partial charge in [0.15, 0.2) is 5.69 Å². The van der Waals surface area contributed by atoms with E-state index in [0.717, 1.165) is 16.5 Å². The number of morpholine rings is 1. The van der Waals surface area contributed by atoms with E-state index in [1.54, 1.807) is 17.0 Å². The minimum absolute atomic E-state index is 0.0644. The van der Waals surface area contributed by atoms with Crippen molar-refractivity contribution in [3.63, 3.8) is 0 Å². The van der Waals surface area contributed by atoms with E-state index in [1.165, 1.54) is 0 Å². The Balaban J connectivity index is 1.73. The first-order valence-corrected chi connectivity index (χ1v) is 9.15. The smallest absolute Gasteiger partial charge is 0.275 e. The molecule has 134 valence electrons. The molecule has 0 N–H and O–H groups in total. The predicted molar refractivity (Wildman–Crippen MR) is 102 cm³/mol. The van der Waals surface area contributed by atoms with Gasteiger partial charge in [0.1, 0.15) is 0 Å². The summed E-state index contributed by atoms with van der Waals surface area (Å²) in [5.41, 5.74) is 2.26. The number of hydrogen-bond acceptors (Lipinski definition) is 3. The fourth-order valence-electron chi connectivity index (χ4n) is 3.13. The summed E-state index contributed by atoms with van der Waals surface area (Å²) in [5, 5.41) is 6.63. The molecule has 0 unspecified atom stereocenters. The van der Waals surface area contributed by atoms with Crippen molar-refractivity contribution < 1.29 is 9.53 Å². The zero-order valence-corrected chi connectivity index (χ0v) is 15.5. The lowest BCUT2D eigenvalue weighted by Crippen LogP contribution is -2.41. The number of para-hydroxylation sites is 1. The highest BCUT2D eigenvalue weighted by molar-refractivity contribution is 6.35. The maximum Gasteiger partial charge on any atom is 0.275 e. The highest BCUT2D eigenvalue weighted by Gasteiger charge is 2.24. The lowest BCUT2D eigenvalue weighted by atomic mass is 10.2. The summed E-state index contributed by atoms with van der Waals surface area (Å²) in [5.74, 6) is -0.0644. The van der Waals surface area contributed by atoms with E-state index in [1.807, 2.05) is 35.0 Å². The number of benzene rings is 2. The van der Waals surface area contributed by atoms with E-state index in [0.29, 0.717) is 48.6 Å². The second-order valence-corrected chi connectivity index (χ2v) is 7.01. The number of aromatic nitrogens is 2. The Morgan fingerprint density at radius 3 is 2.65 bits per heavy atom. The van der Waals surface area contributed by atoms with Crippen LogP contribution in [0.4, 0.5) is 0 Å². The number of hydrogen-bond donors (Lipinski definition) is 0. The van der Waals surface area contributed by atoms with E-state index < -0.39 is 0 Å². The van der Waals surface area contributed by atoms with Crippen molar-refractivity contribution in [1.29, 1.82) is 0 Å². The third kappa shape index (κ3) is 3.30. The van der Waals surface area contributed by atoms with Gasteiger partial charge in [0, 0.05) is 28.5 Å². The molecule has 1 aliphatic rings. The Bertz CT molecular complexity index is 965. The molecule has 0 spiro atoms. The zero-order chi connectivity index (χ0) is 18.1. The first-order valence-electron chi connectivity index (χ1n) is 8.40. The Morgan fingerprint density at radius 2 is 1.88 bits per heavy atom. The van der Waals surface area contributed by atoms with Gasteiger partial charge in [0.2, 0.25) is 0 Å². The summed E-state index contributed by atoms with van der Waals surface area (Å²) in [6.07, 6.45) is 0. The van der Waals surface area contributed by atoms with Crippen molar-refractivity contribution in [3.8, 4) is 0 Å². The van der Waals surface area contributed by atoms with Crippen molar-refractivity contribution in [2.75, 3.05) is 26.3 Å². The fourth-order valence-corrected chi connectivity index (χ4v) is 3.60. The molecular formula is C19H17Cl2N3O2. The van der Waals surface area contributed by atoms with Crippen LogP contribution in [0.15, 0.2) is 42.5 Å². The van der Waals surface area contributed by atoms with Crippen LogP contribution in [-0.4, -0.2) is 46.9 Å². The number of rotatable bonds is 3. The highest BCUT2D eigenvalue weighted by Crippen LogP contribution is 2.25. The molecule has 0 radical (unpaired) electrons. The Labute approximate surface area is 161 Å². The number of fused-ring (bicyclic) bond motifs is 1. The van der Waals surface area contributed by atoms with E-state index in [9.17, 15) is 4.79 Å². The summed E-state index contributed by atoms with van der Waals surface area (Å²) in [6, 6.07) is 13.1. The molecule has 3 aromatic rings. The normalized spacial score (nSPS) is 14.8. The van der Waals surface area contributed by atoms with Gasteiger partial charge in [-0.25, -0.2) is 0 Å². The van der Waals surface area contributed by atoms with Gasteiger partial charge in [0.25, 0.3) is 5.91 Å². The Hall–Kier alpha value is -2.08. The molecular weight excluding hydrogens is 373 g/mol. The minimum Gasteiger partial charge on any atom is -0.378 e. The van der Waals surface area contributed by atoms with Gasteiger partial charge in [-0.15, -0.1) is 0 Å². The van der Waals surface area contributed by atoms with Crippen LogP contribution in [0.3, 0.4) is 0 Å². The van der Waals surface area contributed by atoms with Crippen LogP contribution in [0.1, 0.15) is 16.1 Å². The highest BCUT2D eigenvalue weighted by atomic mass is 35.5. The quantitative estimate of drug-likeness (QED) is 0.682. The van der Waals surface area contributed by atoms with Gasteiger partial charge in [-0.2, -0.15) is 5.10 Å². The molecule has 1 aromatic heterocycles. The van der Waals surface area contributed by atoms with E-state index in [4.69, 9.17) is 27.9 Å². The first-order chi connectivity index (χ1) is 12.6. The van der Waals surface area contributed by atoms with Gasteiger partial charge in [-0.1, -0.05) is 47.5 Å². The van der Waals surface area contributed by atoms with Crippen molar-refractivity contribution in [2.24, 2.45) is 0 Å². The number of nitrogens with zero attached hydrogens (tertiary/aromatic N) is 3. The van der Waals surface area contributed by atoms with Gasteiger partial charge < -0.3 is 9.64 Å². The third-order valence-electron chi connectivity index (χ3n) is 4.49. The summed E-state index contributed by atoms with van der Waals surface area (Å²) < 4.78 is 7.15. The summed E-state index contributed by atoms with van der Waals surface area (Å²) in [7, 11) is 0. The lowest BCUT2D eigenvalue weighted by Gasteiger charge is -2.26. The van der Waals surface area contributed by atoms with Gasteiger partial charge in [0.05, 0.1) is 25.3 Å². The van der Waals surface area contributed by atoms with Crippen molar-refractivity contribution >= 4 is 40.0 Å². The summed E-state index contributed by atoms with van der Waals surface area (Å²) in [4.78, 5) is 14.7. The monoisotopic (exact) mass is 389 g/mol. The molecule has 0 aliphatic carbocycles. The Morgan fingerprint density at radius 1 is 1.12 bits per heavy atom. The maximum atomic E-state index is 12.9. The number of carbonyl (C=O) groups excluding carboxylic acids is 1. The third-order valence-corrected chi connectivity index (χ3v) is 5.08. The fraction of sp³-hybridized carbons (Fsp3) is 0.263. The van der Waals surface area contributed by atoms with Crippen LogP contribution < -0.4 is 0 Å². The minimum atomic E-state index is -0.0644. The molecule has 1 fully saturated rings. The molecule has 26 heavy (non-hydrogen) atoms. The number of halogens is 2. The number of amides is 1. The Kier molecular flexibility index (Phi) is 4.85. The molecule has 5 nitrogen and oxygen atoms in total. The average Bonchev–Trinajstić information content (AvgIpc) is 3.03. The SMILES string of the molecule is O=C(c1nn(Cc2ccc(Cl)cc2Cl)c2ccccc12)N1CCOCC1. The first kappa shape index (κ1) is 17.3. The van der Waals surface area contributed by atoms with Crippen LogP contribution in [0, 0.1) is 0 Å². The largest absolute Gasteiger partial charge is 0.378 e. The van der Waals surface area contributed by atoms with Gasteiger partial charge in [-0.05, 0) is 23.8 Å². The number of carbonyl (C=O) groups is 1. The van der Waals surface area contributed by atoms with Crippen LogP contribution >= 0.6 is 23.2 Å². The summed E-state index contributed by atoms with van der Waals surface area (Å²) in [6.45, 7) is 2.76. The van der Waals surface area contributed by atoms with E-state index in [-0.39, 0.29) is 5.91 Å². The van der Waals surface area contributed by atoms with Crippen molar-refractivity contribution in [3.05, 3.63) is 63.8 Å². The molecule has 2 heterocycles. The van der Waals surface area contributed by atoms with Crippen LogP contribution in [0.5, 0.6) is 0 Å². The topological polar surface area (TPSA) is 47.4 Å². The zero-order valence-electron chi connectivity index (χ0n) is 14.0. The summed E-state index contributed by atoms with van der Waals surface area (Å²) >= 11 is 12.3. The predicted octanol–water partition coefficient (Wildman–Crippen LogP) is 3.86. The molecule has 0 saturated carbocycles. The van der Waals surface area contributed by atoms with E-state index in [2.05, 4.69) is 5.10 Å². The molecule has 1 saturated heterocycles. The second kappa shape index (κ2) is 7.27. The maximum absolute atomic E-state index is 12.9. The molecule has 7 heteroatoms. The average molecular weight is 390 g/mol. The van der Waals surface area contributed by atoms with Crippen molar-refractivity contribution in [2.45, 2.75) is 6.54 Å². The molecule has 2 aromatic carbocycles. The molecule has 4 rings (SSSR count). The second-order valence-electron chi connectivity index (χ2n) is 6.16. The molecule has 1 amide bonds. The molecule has 1 aliphatic heterocycles. The number of ether oxygens (including phenoxy) is 1. The standard InChI is InChI=1S/C19H17Cl2N3O2/c20-14-6-5-13(16(21)11-14)12-24-17-4-2-1-3-15(17)18(22-24)19(25)23-7-9-26-10-8-23/h1-6,11H,7-10,12H2. The van der Waals surface area contributed by atoms with Crippen LogP contribution in [0.2, 0.25) is 10.0 Å². The lowest BCUT2D eigenvalue weighted by molar-refractivity contribution is 0.0299. The van der Waals surface area contributed by atoms with Gasteiger partial charge in [-0.3, -0.25) is 9.48 Å². The van der Waals surface area contributed by atoms with Crippen LogP contribution in [-0.2, 0) is 11.3 Å². The van der Waals surface area contributed by atoms with Crippen molar-refractivity contribution in [1.82, 2.24) is 14.7 Å².